The largest absolute Gasteiger partial charge is 0.478 e. The van der Waals surface area contributed by atoms with Crippen LogP contribution in [0.15, 0.2) is 22.3 Å². The van der Waals surface area contributed by atoms with Crippen molar-refractivity contribution in [3.05, 3.63) is 22.3 Å². The van der Waals surface area contributed by atoms with Gasteiger partial charge < -0.3 is 31.5 Å². The third-order valence-corrected chi connectivity index (χ3v) is 13.8. The van der Waals surface area contributed by atoms with E-state index in [1.54, 1.807) is 0 Å². The molecular weight excluding hydrogens is 544 g/mol. The molecule has 6 aliphatic rings. The van der Waals surface area contributed by atoms with Gasteiger partial charge in [-0.3, -0.25) is 4.79 Å². The van der Waals surface area contributed by atoms with E-state index in [-0.39, 0.29) is 29.1 Å². The normalized spacial score (nSPS) is 49.2. The van der Waals surface area contributed by atoms with Crippen LogP contribution in [0.4, 0.5) is 0 Å². The lowest BCUT2D eigenvalue weighted by Crippen LogP contribution is -2.77. The van der Waals surface area contributed by atoms with Crippen LogP contribution in [0, 0.1) is 34.5 Å². The van der Waals surface area contributed by atoms with Gasteiger partial charge in [0.25, 0.3) is 0 Å². The molecule has 0 aromatic carbocycles. The predicted molar refractivity (Wildman–Crippen MR) is 164 cm³/mol. The van der Waals surface area contributed by atoms with Gasteiger partial charge in [-0.2, -0.15) is 0 Å². The number of aliphatic hydroxyl groups is 2. The standard InChI is InChI=1S/C35H54N2O6/c1-19(38)43-25-18-33(3)23(29(25)28(31(41)42)22-11-7-10-21(16-22)20-8-5-6-9-20)17-24(39)30-32(2)14-13-27(40)34(4,36)26(32)12-15-35(30,33)37/h22-27,30,39-40H,5-18,36-37H2,1-4H3,(H,41,42)/b29-28-/t22?,23-,24+,25-,26+,27+,30-,32-,33-,34+,35+/m0/s1. The van der Waals surface area contributed by atoms with Crippen LogP contribution in [0.5, 0.6) is 0 Å². The van der Waals surface area contributed by atoms with Crippen molar-refractivity contribution in [3.63, 3.8) is 0 Å². The van der Waals surface area contributed by atoms with E-state index >= 15 is 0 Å². The molecule has 8 nitrogen and oxygen atoms in total. The number of aliphatic hydroxyl groups excluding tert-OH is 2. The first-order chi connectivity index (χ1) is 20.1. The Morgan fingerprint density at radius 2 is 1.60 bits per heavy atom. The van der Waals surface area contributed by atoms with Crippen LogP contribution in [-0.4, -0.2) is 56.6 Å². The second-order valence-corrected chi connectivity index (χ2v) is 16.0. The molecular formula is C35H54N2O6. The van der Waals surface area contributed by atoms with E-state index < -0.39 is 46.7 Å². The molecule has 43 heavy (non-hydrogen) atoms. The number of hydrogen-bond donors (Lipinski definition) is 5. The molecule has 0 radical (unpaired) electrons. The average Bonchev–Trinajstić information content (AvgIpc) is 3.55. The van der Waals surface area contributed by atoms with E-state index in [2.05, 4.69) is 13.8 Å². The third-order valence-electron chi connectivity index (χ3n) is 13.8. The number of carboxylic acids is 1. The molecule has 11 atom stereocenters. The maximum Gasteiger partial charge on any atom is 0.331 e. The molecule has 0 bridgehead atoms. The van der Waals surface area contributed by atoms with Gasteiger partial charge in [0.1, 0.15) is 6.10 Å². The van der Waals surface area contributed by atoms with Gasteiger partial charge in [-0.1, -0.05) is 25.0 Å². The van der Waals surface area contributed by atoms with Crippen molar-refractivity contribution in [1.29, 1.82) is 0 Å². The topological polar surface area (TPSA) is 156 Å². The van der Waals surface area contributed by atoms with Gasteiger partial charge in [-0.25, -0.2) is 4.79 Å². The van der Waals surface area contributed by atoms with E-state index in [0.717, 1.165) is 51.4 Å². The molecule has 6 fully saturated rings. The number of carbonyl (C=O) groups is 2. The van der Waals surface area contributed by atoms with Gasteiger partial charge >= 0.3 is 11.9 Å². The Kier molecular flexibility index (Phi) is 7.75. The summed E-state index contributed by atoms with van der Waals surface area (Å²) in [6.45, 7) is 7.69. The third kappa shape index (κ3) is 4.59. The van der Waals surface area contributed by atoms with Gasteiger partial charge in [-0.05, 0) is 131 Å². The van der Waals surface area contributed by atoms with Crippen LogP contribution in [-0.2, 0) is 14.3 Å². The highest BCUT2D eigenvalue weighted by atomic mass is 16.5. The number of allylic oxidation sites excluding steroid dienone is 2. The Balaban J connectivity index is 1.45. The lowest BCUT2D eigenvalue weighted by Gasteiger charge is -2.69. The van der Waals surface area contributed by atoms with Crippen molar-refractivity contribution in [2.45, 2.75) is 147 Å². The smallest absolute Gasteiger partial charge is 0.331 e. The van der Waals surface area contributed by atoms with Gasteiger partial charge in [0, 0.05) is 29.5 Å². The fourth-order valence-electron chi connectivity index (χ4n) is 11.9. The number of rotatable bonds is 3. The Labute approximate surface area is 256 Å². The summed E-state index contributed by atoms with van der Waals surface area (Å²) < 4.78 is 6.01. The molecule has 0 amide bonds. The quantitative estimate of drug-likeness (QED) is 0.177. The zero-order valence-electron chi connectivity index (χ0n) is 26.7. The van der Waals surface area contributed by atoms with Crippen molar-refractivity contribution in [3.8, 4) is 0 Å². The summed E-state index contributed by atoms with van der Waals surface area (Å²) in [4.78, 5) is 25.8. The molecule has 0 aromatic rings. The molecule has 7 N–H and O–H groups in total. The second kappa shape index (κ2) is 10.7. The van der Waals surface area contributed by atoms with Crippen molar-refractivity contribution >= 4 is 11.9 Å². The summed E-state index contributed by atoms with van der Waals surface area (Å²) >= 11 is 0. The van der Waals surface area contributed by atoms with Crippen LogP contribution in [0.2, 0.25) is 0 Å². The zero-order valence-corrected chi connectivity index (χ0v) is 26.7. The fraction of sp³-hybridized carbons (Fsp3) is 0.829. The molecule has 8 heteroatoms. The summed E-state index contributed by atoms with van der Waals surface area (Å²) in [5, 5.41) is 33.8. The molecule has 0 spiro atoms. The number of ether oxygens (including phenoxy) is 1. The highest BCUT2D eigenvalue weighted by Gasteiger charge is 2.72. The lowest BCUT2D eigenvalue weighted by atomic mass is 9.38. The van der Waals surface area contributed by atoms with Gasteiger partial charge in [0.15, 0.2) is 0 Å². The summed E-state index contributed by atoms with van der Waals surface area (Å²) in [6.07, 6.45) is 9.67. The highest BCUT2D eigenvalue weighted by molar-refractivity contribution is 5.89. The average molecular weight is 599 g/mol. The minimum absolute atomic E-state index is 0.000211. The zero-order chi connectivity index (χ0) is 31.1. The maximum absolute atomic E-state index is 13.3. The lowest BCUT2D eigenvalue weighted by molar-refractivity contribution is -0.206. The predicted octanol–water partition coefficient (Wildman–Crippen LogP) is 4.75. The number of hydrogen-bond acceptors (Lipinski definition) is 7. The van der Waals surface area contributed by atoms with Crippen molar-refractivity contribution in [1.82, 2.24) is 0 Å². The van der Waals surface area contributed by atoms with Crippen LogP contribution in [0.25, 0.3) is 0 Å². The Hall–Kier alpha value is -1.74. The van der Waals surface area contributed by atoms with Crippen molar-refractivity contribution < 1.29 is 29.6 Å². The number of fused-ring (bicyclic) bond motifs is 5. The second-order valence-electron chi connectivity index (χ2n) is 16.0. The van der Waals surface area contributed by atoms with E-state index in [9.17, 15) is 24.9 Å². The number of carbonyl (C=O) groups excluding carboxylic acids is 1. The van der Waals surface area contributed by atoms with Gasteiger partial charge in [0.2, 0.25) is 0 Å². The monoisotopic (exact) mass is 598 g/mol. The molecule has 0 heterocycles. The Morgan fingerprint density at radius 1 is 0.930 bits per heavy atom. The van der Waals surface area contributed by atoms with E-state index in [0.29, 0.717) is 36.8 Å². The minimum atomic E-state index is -0.933. The molecule has 0 aliphatic heterocycles. The number of nitrogens with two attached hydrogens (primary N) is 2. The van der Waals surface area contributed by atoms with Crippen LogP contribution in [0.1, 0.15) is 118 Å². The summed E-state index contributed by atoms with van der Waals surface area (Å²) in [6, 6.07) is 0. The Morgan fingerprint density at radius 3 is 2.26 bits per heavy atom. The SMILES string of the molecule is CC(=O)O[C@H]1C[C@@]2(C)[C@@H](C[C@@H](O)[C@H]3[C@@]4(C)CC[C@@H](O)[C@](C)(N)[C@@H]4CC[C@@]32N)/C1=C(/C(=O)O)C1CCCC(=C2CCCC2)C1. The fourth-order valence-corrected chi connectivity index (χ4v) is 11.9. The first-order valence-electron chi connectivity index (χ1n) is 16.9. The molecule has 1 unspecified atom stereocenters. The number of esters is 1. The maximum atomic E-state index is 13.3. The molecule has 6 saturated carbocycles. The van der Waals surface area contributed by atoms with Gasteiger partial charge in [0.05, 0.1) is 12.2 Å². The van der Waals surface area contributed by atoms with Crippen LogP contribution >= 0.6 is 0 Å². The minimum Gasteiger partial charge on any atom is -0.478 e. The van der Waals surface area contributed by atoms with Crippen molar-refractivity contribution in [2.24, 2.45) is 46.0 Å². The number of carboxylic acid groups (broad SMARTS) is 1. The summed E-state index contributed by atoms with van der Waals surface area (Å²) in [7, 11) is 0. The van der Waals surface area contributed by atoms with Gasteiger partial charge in [-0.15, -0.1) is 0 Å². The van der Waals surface area contributed by atoms with E-state index in [1.165, 1.54) is 30.9 Å². The highest BCUT2D eigenvalue weighted by Crippen LogP contribution is 2.70. The summed E-state index contributed by atoms with van der Waals surface area (Å²) in [5.41, 5.74) is 15.9. The molecule has 6 aliphatic carbocycles. The molecule has 0 saturated heterocycles. The van der Waals surface area contributed by atoms with Crippen LogP contribution < -0.4 is 11.5 Å². The summed E-state index contributed by atoms with van der Waals surface area (Å²) in [5.74, 6) is -2.07. The first kappa shape index (κ1) is 31.3. The number of aliphatic carboxylic acids is 1. The van der Waals surface area contributed by atoms with E-state index in [4.69, 9.17) is 16.2 Å². The molecule has 0 aromatic heterocycles. The van der Waals surface area contributed by atoms with E-state index in [1.807, 2.05) is 6.92 Å². The van der Waals surface area contributed by atoms with Crippen molar-refractivity contribution in [2.75, 3.05) is 0 Å². The first-order valence-corrected chi connectivity index (χ1v) is 16.9. The Bertz CT molecular complexity index is 1230. The van der Waals surface area contributed by atoms with Crippen LogP contribution in [0.3, 0.4) is 0 Å². The molecule has 240 valence electrons. The molecule has 6 rings (SSSR count).